The maximum atomic E-state index is 12.5. The maximum Gasteiger partial charge on any atom is 0.197 e. The quantitative estimate of drug-likeness (QED) is 0.485. The van der Waals surface area contributed by atoms with Crippen LogP contribution in [0.15, 0.2) is 66.2 Å². The van der Waals surface area contributed by atoms with E-state index in [1.54, 1.807) is 30.3 Å². The molecule has 0 fully saturated rings. The van der Waals surface area contributed by atoms with Crippen LogP contribution < -0.4 is 0 Å². The summed E-state index contributed by atoms with van der Waals surface area (Å²) in [5.41, 5.74) is 3.33. The van der Waals surface area contributed by atoms with Gasteiger partial charge >= 0.3 is 0 Å². The van der Waals surface area contributed by atoms with Crippen LogP contribution in [0.5, 0.6) is 0 Å². The summed E-state index contributed by atoms with van der Waals surface area (Å²) >= 11 is 0. The average molecular weight is 298 g/mol. The fraction of sp³-hybridized carbons (Fsp3) is 0.0476. The molecule has 0 aromatic heterocycles. The van der Waals surface area contributed by atoms with Crippen molar-refractivity contribution in [3.63, 3.8) is 0 Å². The Morgan fingerprint density at radius 2 is 1.26 bits per heavy atom. The molecule has 0 atom stereocenters. The third-order valence-corrected chi connectivity index (χ3v) is 4.38. The maximum absolute atomic E-state index is 12.5. The Morgan fingerprint density at radius 1 is 0.696 bits per heavy atom. The Bertz CT molecular complexity index is 972. The predicted molar refractivity (Wildman–Crippen MR) is 91.8 cm³/mol. The van der Waals surface area contributed by atoms with Crippen molar-refractivity contribution in [2.45, 2.75) is 6.92 Å². The molecule has 0 unspecified atom stereocenters. The van der Waals surface area contributed by atoms with Gasteiger partial charge in [0.2, 0.25) is 0 Å². The predicted octanol–water partition coefficient (Wildman–Crippen LogP) is 4.61. The van der Waals surface area contributed by atoms with Gasteiger partial charge in [0.1, 0.15) is 0 Å². The van der Waals surface area contributed by atoms with Gasteiger partial charge in [-0.25, -0.2) is 0 Å². The first kappa shape index (κ1) is 13.6. The molecular formula is C21H14O2. The van der Waals surface area contributed by atoms with Crippen molar-refractivity contribution >= 4 is 28.4 Å². The third-order valence-electron chi connectivity index (χ3n) is 4.38. The van der Waals surface area contributed by atoms with E-state index in [0.29, 0.717) is 11.1 Å². The molecule has 1 aliphatic rings. The van der Waals surface area contributed by atoms with E-state index in [9.17, 15) is 9.59 Å². The summed E-state index contributed by atoms with van der Waals surface area (Å²) in [4.78, 5) is 25.1. The van der Waals surface area contributed by atoms with Gasteiger partial charge in [0.25, 0.3) is 0 Å². The van der Waals surface area contributed by atoms with Crippen LogP contribution in [-0.4, -0.2) is 11.6 Å². The van der Waals surface area contributed by atoms with Crippen LogP contribution in [0.2, 0.25) is 0 Å². The molecule has 0 amide bonds. The number of benzene rings is 3. The van der Waals surface area contributed by atoms with E-state index in [1.807, 2.05) is 30.3 Å². The van der Waals surface area contributed by atoms with Crippen molar-refractivity contribution in [1.82, 2.24) is 0 Å². The Hall–Kier alpha value is -3.00. The SMILES string of the molecule is Cc1ccc(C=C2C(=O)c3ccccc3C2=O)c2ccccc12. The number of rotatable bonds is 1. The molecule has 3 aromatic carbocycles. The van der Waals surface area contributed by atoms with E-state index < -0.39 is 0 Å². The highest BCUT2D eigenvalue weighted by Gasteiger charge is 2.32. The van der Waals surface area contributed by atoms with Crippen molar-refractivity contribution in [1.29, 1.82) is 0 Å². The van der Waals surface area contributed by atoms with Gasteiger partial charge in [0.15, 0.2) is 11.6 Å². The zero-order valence-electron chi connectivity index (χ0n) is 12.7. The second-order valence-electron chi connectivity index (χ2n) is 5.78. The van der Waals surface area contributed by atoms with Gasteiger partial charge in [-0.2, -0.15) is 0 Å². The smallest absolute Gasteiger partial charge is 0.197 e. The van der Waals surface area contributed by atoms with Crippen LogP contribution in [0, 0.1) is 6.92 Å². The first-order chi connectivity index (χ1) is 11.2. The summed E-state index contributed by atoms with van der Waals surface area (Å²) in [5, 5.41) is 2.19. The van der Waals surface area contributed by atoms with E-state index in [4.69, 9.17) is 0 Å². The topological polar surface area (TPSA) is 34.1 Å². The van der Waals surface area contributed by atoms with Gasteiger partial charge in [0, 0.05) is 11.1 Å². The third kappa shape index (κ3) is 2.03. The van der Waals surface area contributed by atoms with Crippen LogP contribution in [0.4, 0.5) is 0 Å². The van der Waals surface area contributed by atoms with Crippen LogP contribution in [0.3, 0.4) is 0 Å². The molecule has 0 aliphatic heterocycles. The molecule has 0 saturated carbocycles. The lowest BCUT2D eigenvalue weighted by molar-refractivity contribution is 0.0990. The molecule has 0 radical (unpaired) electrons. The molecule has 23 heavy (non-hydrogen) atoms. The molecule has 0 saturated heterocycles. The molecule has 0 N–H and O–H groups in total. The molecule has 2 heteroatoms. The van der Waals surface area contributed by atoms with E-state index in [-0.39, 0.29) is 17.1 Å². The number of carbonyl (C=O) groups is 2. The molecule has 0 bridgehead atoms. The standard InChI is InChI=1S/C21H14O2/c1-13-10-11-14(16-7-3-2-6-15(13)16)12-19-20(22)17-8-4-5-9-18(17)21(19)23/h2-12H,1H3. The minimum atomic E-state index is -0.185. The lowest BCUT2D eigenvalue weighted by atomic mass is 9.98. The first-order valence-electron chi connectivity index (χ1n) is 7.55. The monoisotopic (exact) mass is 298 g/mol. The number of ketones is 2. The van der Waals surface area contributed by atoms with Gasteiger partial charge < -0.3 is 0 Å². The largest absolute Gasteiger partial charge is 0.288 e. The highest BCUT2D eigenvalue weighted by atomic mass is 16.2. The molecule has 0 heterocycles. The number of carbonyl (C=O) groups excluding carboxylic acids is 2. The lowest BCUT2D eigenvalue weighted by Crippen LogP contribution is -2.00. The fourth-order valence-electron chi connectivity index (χ4n) is 3.16. The summed E-state index contributed by atoms with van der Waals surface area (Å²) in [5.74, 6) is -0.370. The molecule has 3 aromatic rings. The number of fused-ring (bicyclic) bond motifs is 2. The average Bonchev–Trinajstić information content (AvgIpc) is 2.83. The van der Waals surface area contributed by atoms with Crippen LogP contribution in [0.25, 0.3) is 16.8 Å². The Labute approximate surface area is 134 Å². The minimum absolute atomic E-state index is 0.185. The second-order valence-corrected chi connectivity index (χ2v) is 5.78. The van der Waals surface area contributed by atoms with Gasteiger partial charge in [0.05, 0.1) is 5.57 Å². The molecule has 110 valence electrons. The van der Waals surface area contributed by atoms with Gasteiger partial charge in [-0.3, -0.25) is 9.59 Å². The van der Waals surface area contributed by atoms with Crippen molar-refractivity contribution in [3.05, 3.63) is 88.5 Å². The number of hydrogen-bond donors (Lipinski definition) is 0. The summed E-state index contributed by atoms with van der Waals surface area (Å²) in [6.07, 6.45) is 1.73. The Balaban J connectivity index is 1.92. The minimum Gasteiger partial charge on any atom is -0.288 e. The van der Waals surface area contributed by atoms with Gasteiger partial charge in [-0.1, -0.05) is 60.7 Å². The van der Waals surface area contributed by atoms with E-state index in [1.165, 1.54) is 5.56 Å². The number of hydrogen-bond acceptors (Lipinski definition) is 2. The number of aryl methyl sites for hydroxylation is 1. The van der Waals surface area contributed by atoms with Gasteiger partial charge in [-0.05, 0) is 34.9 Å². The Kier molecular flexibility index (Phi) is 2.98. The highest BCUT2D eigenvalue weighted by Crippen LogP contribution is 2.30. The lowest BCUT2D eigenvalue weighted by Gasteiger charge is -2.06. The van der Waals surface area contributed by atoms with E-state index >= 15 is 0 Å². The van der Waals surface area contributed by atoms with Crippen molar-refractivity contribution in [2.24, 2.45) is 0 Å². The van der Waals surface area contributed by atoms with Crippen molar-refractivity contribution in [2.75, 3.05) is 0 Å². The van der Waals surface area contributed by atoms with E-state index in [0.717, 1.165) is 16.3 Å². The molecule has 4 rings (SSSR count). The molecule has 0 spiro atoms. The zero-order chi connectivity index (χ0) is 16.0. The van der Waals surface area contributed by atoms with Gasteiger partial charge in [-0.15, -0.1) is 0 Å². The molecule has 1 aliphatic carbocycles. The Morgan fingerprint density at radius 3 is 1.91 bits per heavy atom. The van der Waals surface area contributed by atoms with Crippen LogP contribution in [0.1, 0.15) is 31.8 Å². The van der Waals surface area contributed by atoms with Crippen molar-refractivity contribution in [3.8, 4) is 0 Å². The van der Waals surface area contributed by atoms with Crippen LogP contribution in [-0.2, 0) is 0 Å². The summed E-state index contributed by atoms with van der Waals surface area (Å²) in [7, 11) is 0. The van der Waals surface area contributed by atoms with Crippen LogP contribution >= 0.6 is 0 Å². The normalized spacial score (nSPS) is 13.5. The number of Topliss-reactive ketones (excluding diaryl/α,β-unsaturated/α-hetero) is 2. The highest BCUT2D eigenvalue weighted by molar-refractivity contribution is 6.41. The summed E-state index contributed by atoms with van der Waals surface area (Å²) < 4.78 is 0. The molecule has 2 nitrogen and oxygen atoms in total. The van der Waals surface area contributed by atoms with Crippen molar-refractivity contribution < 1.29 is 9.59 Å². The summed E-state index contributed by atoms with van der Waals surface area (Å²) in [6, 6.07) is 19.0. The zero-order valence-corrected chi connectivity index (χ0v) is 12.7. The summed E-state index contributed by atoms with van der Waals surface area (Å²) in [6.45, 7) is 2.06. The number of allylic oxidation sites excluding steroid dienone is 1. The second kappa shape index (κ2) is 5.03. The first-order valence-corrected chi connectivity index (χ1v) is 7.55. The fourth-order valence-corrected chi connectivity index (χ4v) is 3.16. The van der Waals surface area contributed by atoms with E-state index in [2.05, 4.69) is 13.0 Å². The molecular weight excluding hydrogens is 284 g/mol.